The van der Waals surface area contributed by atoms with Crippen molar-refractivity contribution < 1.29 is 34.4 Å². The normalized spacial score (nSPS) is 14.5. The van der Waals surface area contributed by atoms with Crippen LogP contribution in [0.1, 0.15) is 18.4 Å². The lowest BCUT2D eigenvalue weighted by molar-refractivity contribution is -0.163. The summed E-state index contributed by atoms with van der Waals surface area (Å²) in [5.74, 6) is -6.85. The highest BCUT2D eigenvalue weighted by molar-refractivity contribution is 6.37. The molecule has 0 saturated heterocycles. The Hall–Kier alpha value is -2.64. The van der Waals surface area contributed by atoms with Crippen molar-refractivity contribution in [3.8, 4) is 5.75 Å². The van der Waals surface area contributed by atoms with E-state index >= 15 is 0 Å². The number of ketones is 1. The van der Waals surface area contributed by atoms with E-state index in [-0.39, 0.29) is 0 Å². The molecule has 26 heavy (non-hydrogen) atoms. The number of hydrogen-bond donors (Lipinski definition) is 3. The third-order valence-corrected chi connectivity index (χ3v) is 4.62. The molecule has 0 radical (unpaired) electrons. The first-order chi connectivity index (χ1) is 12.2. The molecule has 0 saturated carbocycles. The van der Waals surface area contributed by atoms with Gasteiger partial charge >= 0.3 is 11.9 Å². The molecule has 0 fully saturated rings. The number of aliphatic hydroxyl groups is 1. The Balaban J connectivity index is 2.42. The first kappa shape index (κ1) is 19.7. The van der Waals surface area contributed by atoms with E-state index in [0.717, 1.165) is 0 Å². The number of carboxylic acid groups (broad SMARTS) is 2. The van der Waals surface area contributed by atoms with Crippen molar-refractivity contribution in [2.45, 2.75) is 18.9 Å². The third kappa shape index (κ3) is 3.63. The van der Waals surface area contributed by atoms with Crippen LogP contribution in [-0.2, 0) is 14.4 Å². The second kappa shape index (κ2) is 7.72. The van der Waals surface area contributed by atoms with Crippen LogP contribution in [-0.4, -0.2) is 46.3 Å². The maximum Gasteiger partial charge on any atom is 0.333 e. The Labute approximate surface area is 153 Å². The van der Waals surface area contributed by atoms with E-state index in [9.17, 15) is 19.5 Å². The molecular formula is C18H17ClO7. The number of methoxy groups -OCH3 is 1. The zero-order valence-electron chi connectivity index (χ0n) is 14.0. The molecule has 0 amide bonds. The lowest BCUT2D eigenvalue weighted by Gasteiger charge is -2.19. The van der Waals surface area contributed by atoms with Gasteiger partial charge < -0.3 is 20.1 Å². The third-order valence-electron chi connectivity index (χ3n) is 4.23. The fourth-order valence-electron chi connectivity index (χ4n) is 2.71. The summed E-state index contributed by atoms with van der Waals surface area (Å²) in [5.41, 5.74) is 0.479. The van der Waals surface area contributed by atoms with Gasteiger partial charge in [0.05, 0.1) is 12.1 Å². The van der Waals surface area contributed by atoms with Crippen molar-refractivity contribution >= 4 is 40.1 Å². The number of halogens is 1. The summed E-state index contributed by atoms with van der Waals surface area (Å²) >= 11 is 6.24. The van der Waals surface area contributed by atoms with Gasteiger partial charge in [-0.1, -0.05) is 42.8 Å². The summed E-state index contributed by atoms with van der Waals surface area (Å²) in [4.78, 5) is 34.6. The molecule has 0 aromatic heterocycles. The van der Waals surface area contributed by atoms with E-state index in [1.165, 1.54) is 14.0 Å². The van der Waals surface area contributed by atoms with Crippen LogP contribution in [0.15, 0.2) is 30.3 Å². The van der Waals surface area contributed by atoms with Crippen LogP contribution in [0, 0.1) is 5.92 Å². The van der Waals surface area contributed by atoms with E-state index in [1.54, 1.807) is 30.3 Å². The largest absolute Gasteiger partial charge is 0.495 e. The van der Waals surface area contributed by atoms with Crippen molar-refractivity contribution in [1.29, 1.82) is 0 Å². The Kier molecular flexibility index (Phi) is 5.84. The Morgan fingerprint density at radius 3 is 2.27 bits per heavy atom. The number of carboxylic acids is 2. The maximum absolute atomic E-state index is 12.5. The highest BCUT2D eigenvalue weighted by atomic mass is 35.5. The van der Waals surface area contributed by atoms with Gasteiger partial charge in [0.15, 0.2) is 17.8 Å². The highest BCUT2D eigenvalue weighted by Gasteiger charge is 2.40. The molecule has 3 N–H and O–H groups in total. The monoisotopic (exact) mass is 380 g/mol. The second-order valence-electron chi connectivity index (χ2n) is 5.79. The van der Waals surface area contributed by atoms with Crippen molar-refractivity contribution in [3.05, 3.63) is 40.9 Å². The summed E-state index contributed by atoms with van der Waals surface area (Å²) < 4.78 is 5.14. The van der Waals surface area contributed by atoms with E-state index in [2.05, 4.69) is 0 Å². The molecule has 0 bridgehead atoms. The smallest absolute Gasteiger partial charge is 0.333 e. The van der Waals surface area contributed by atoms with Gasteiger partial charge in [-0.15, -0.1) is 0 Å². The van der Waals surface area contributed by atoms with Crippen LogP contribution in [0.2, 0.25) is 5.02 Å². The van der Waals surface area contributed by atoms with Crippen LogP contribution in [0.4, 0.5) is 0 Å². The first-order valence-corrected chi connectivity index (χ1v) is 8.00. The Morgan fingerprint density at radius 2 is 1.73 bits per heavy atom. The number of aliphatic hydroxyl groups excluding tert-OH is 1. The quantitative estimate of drug-likeness (QED) is 0.630. The summed E-state index contributed by atoms with van der Waals surface area (Å²) in [6.45, 7) is 1.46. The molecule has 8 heteroatoms. The van der Waals surface area contributed by atoms with Gasteiger partial charge in [-0.2, -0.15) is 0 Å². The minimum atomic E-state index is -2.32. The molecular weight excluding hydrogens is 364 g/mol. The van der Waals surface area contributed by atoms with Crippen molar-refractivity contribution in [2.75, 3.05) is 7.11 Å². The number of aliphatic carboxylic acids is 2. The van der Waals surface area contributed by atoms with Gasteiger partial charge in [0, 0.05) is 11.3 Å². The van der Waals surface area contributed by atoms with Crippen molar-refractivity contribution in [2.24, 2.45) is 5.92 Å². The molecule has 2 aromatic rings. The van der Waals surface area contributed by atoms with Gasteiger partial charge in [-0.3, -0.25) is 9.59 Å². The van der Waals surface area contributed by atoms with Crippen LogP contribution >= 0.6 is 11.6 Å². The van der Waals surface area contributed by atoms with Crippen LogP contribution in [0.3, 0.4) is 0 Å². The molecule has 138 valence electrons. The standard InChI is InChI=1S/C18H17ClO7/c1-8(15(20)13(17(22)23)16(21)18(24)25)9-3-5-11-10(7-9)4-6-12(26-2)14(11)19/h3-8,13,16,21H,1-2H3,(H,22,23)(H,24,25)/t8-,13?,16?/m1/s1. The summed E-state index contributed by atoms with van der Waals surface area (Å²) in [7, 11) is 1.49. The van der Waals surface area contributed by atoms with Gasteiger partial charge in [0.25, 0.3) is 0 Å². The molecule has 0 heterocycles. The summed E-state index contributed by atoms with van der Waals surface area (Å²) in [5, 5.41) is 29.3. The van der Waals surface area contributed by atoms with Gasteiger partial charge in [-0.25, -0.2) is 4.79 Å². The summed E-state index contributed by atoms with van der Waals surface area (Å²) in [6, 6.07) is 8.33. The molecule has 0 spiro atoms. The predicted octanol–water partition coefficient (Wildman–Crippen LogP) is 2.32. The Morgan fingerprint density at radius 1 is 1.08 bits per heavy atom. The number of rotatable bonds is 7. The number of Topliss-reactive ketones (excluding diaryl/α,β-unsaturated/α-hetero) is 1. The molecule has 2 unspecified atom stereocenters. The average molecular weight is 381 g/mol. The lowest BCUT2D eigenvalue weighted by atomic mass is 9.85. The lowest BCUT2D eigenvalue weighted by Crippen LogP contribution is -2.41. The van der Waals surface area contributed by atoms with E-state index in [1.807, 2.05) is 0 Å². The zero-order valence-corrected chi connectivity index (χ0v) is 14.7. The number of benzene rings is 2. The number of fused-ring (bicyclic) bond motifs is 1. The number of hydrogen-bond acceptors (Lipinski definition) is 5. The van der Waals surface area contributed by atoms with Crippen molar-refractivity contribution in [3.63, 3.8) is 0 Å². The molecule has 2 rings (SSSR count). The fraction of sp³-hybridized carbons (Fsp3) is 0.278. The molecule has 2 aromatic carbocycles. The van der Waals surface area contributed by atoms with Crippen molar-refractivity contribution in [1.82, 2.24) is 0 Å². The minimum Gasteiger partial charge on any atom is -0.495 e. The van der Waals surface area contributed by atoms with Gasteiger partial charge in [-0.05, 0) is 17.0 Å². The van der Waals surface area contributed by atoms with Crippen LogP contribution in [0.25, 0.3) is 10.8 Å². The first-order valence-electron chi connectivity index (χ1n) is 7.62. The molecule has 7 nitrogen and oxygen atoms in total. The van der Waals surface area contributed by atoms with E-state index in [0.29, 0.717) is 27.1 Å². The molecule has 3 atom stereocenters. The predicted molar refractivity (Wildman–Crippen MR) is 93.7 cm³/mol. The Bertz CT molecular complexity index is 877. The summed E-state index contributed by atoms with van der Waals surface area (Å²) in [6.07, 6.45) is -2.32. The zero-order chi connectivity index (χ0) is 19.6. The maximum atomic E-state index is 12.5. The van der Waals surface area contributed by atoms with Gasteiger partial charge in [0.1, 0.15) is 5.75 Å². The SMILES string of the molecule is COc1ccc2cc([C@@H](C)C(=O)C(C(=O)O)C(O)C(=O)O)ccc2c1Cl. The van der Waals surface area contributed by atoms with Crippen LogP contribution in [0.5, 0.6) is 5.75 Å². The topological polar surface area (TPSA) is 121 Å². The fourth-order valence-corrected chi connectivity index (χ4v) is 3.02. The average Bonchev–Trinajstić information content (AvgIpc) is 2.60. The molecule has 0 aliphatic carbocycles. The number of carbonyl (C=O) groups is 3. The van der Waals surface area contributed by atoms with E-state index in [4.69, 9.17) is 26.6 Å². The minimum absolute atomic E-state index is 0.403. The second-order valence-corrected chi connectivity index (χ2v) is 6.16. The molecule has 0 aliphatic rings. The molecule has 0 aliphatic heterocycles. The van der Waals surface area contributed by atoms with Gasteiger partial charge in [0.2, 0.25) is 0 Å². The number of carbonyl (C=O) groups excluding carboxylic acids is 1. The highest BCUT2D eigenvalue weighted by Crippen LogP contribution is 2.34. The van der Waals surface area contributed by atoms with Crippen LogP contribution < -0.4 is 4.74 Å². The number of ether oxygens (including phenoxy) is 1. The van der Waals surface area contributed by atoms with E-state index < -0.39 is 35.7 Å².